The number of rotatable bonds is 4. The third kappa shape index (κ3) is 3.16. The molecule has 1 aliphatic carbocycles. The standard InChI is InChI=1S/C13H17FN2OS/c14-12-7-9(13(15)16-17)5-6-10(12)8-18-11-3-1-2-4-11/h5-7,11,17H,1-4,8H2,(H2,15,16). The first kappa shape index (κ1) is 13.2. The summed E-state index contributed by atoms with van der Waals surface area (Å²) >= 11 is 1.82. The Labute approximate surface area is 110 Å². The Morgan fingerprint density at radius 1 is 1.44 bits per heavy atom. The number of thioether (sulfide) groups is 1. The highest BCUT2D eigenvalue weighted by atomic mass is 32.2. The van der Waals surface area contributed by atoms with Gasteiger partial charge in [0.25, 0.3) is 0 Å². The fraction of sp³-hybridized carbons (Fsp3) is 0.462. The summed E-state index contributed by atoms with van der Waals surface area (Å²) in [5.74, 6) is 0.334. The zero-order valence-corrected chi connectivity index (χ0v) is 10.9. The summed E-state index contributed by atoms with van der Waals surface area (Å²) in [5.41, 5.74) is 6.50. The van der Waals surface area contributed by atoms with E-state index in [1.165, 1.54) is 31.7 Å². The number of benzene rings is 1. The molecule has 18 heavy (non-hydrogen) atoms. The van der Waals surface area contributed by atoms with Crippen LogP contribution in [0.15, 0.2) is 23.4 Å². The maximum Gasteiger partial charge on any atom is 0.170 e. The van der Waals surface area contributed by atoms with E-state index in [2.05, 4.69) is 5.16 Å². The lowest BCUT2D eigenvalue weighted by molar-refractivity contribution is 0.318. The van der Waals surface area contributed by atoms with Crippen LogP contribution < -0.4 is 5.73 Å². The van der Waals surface area contributed by atoms with E-state index in [1.54, 1.807) is 12.1 Å². The summed E-state index contributed by atoms with van der Waals surface area (Å²) in [5, 5.41) is 12.1. The monoisotopic (exact) mass is 268 g/mol. The first-order chi connectivity index (χ1) is 8.70. The molecule has 0 saturated heterocycles. The van der Waals surface area contributed by atoms with E-state index < -0.39 is 0 Å². The van der Waals surface area contributed by atoms with Crippen molar-refractivity contribution < 1.29 is 9.60 Å². The SMILES string of the molecule is NC(=NO)c1ccc(CSC2CCCC2)c(F)c1. The molecule has 3 N–H and O–H groups in total. The predicted molar refractivity (Wildman–Crippen MR) is 72.5 cm³/mol. The highest BCUT2D eigenvalue weighted by molar-refractivity contribution is 7.99. The van der Waals surface area contributed by atoms with Gasteiger partial charge in [-0.1, -0.05) is 30.1 Å². The van der Waals surface area contributed by atoms with Gasteiger partial charge >= 0.3 is 0 Å². The molecule has 0 unspecified atom stereocenters. The van der Waals surface area contributed by atoms with E-state index in [9.17, 15) is 4.39 Å². The van der Waals surface area contributed by atoms with Crippen molar-refractivity contribution in [3.05, 3.63) is 35.1 Å². The third-order valence-corrected chi connectivity index (χ3v) is 4.65. The second-order valence-electron chi connectivity index (χ2n) is 4.51. The second-order valence-corrected chi connectivity index (χ2v) is 5.80. The van der Waals surface area contributed by atoms with Crippen LogP contribution in [-0.2, 0) is 5.75 Å². The van der Waals surface area contributed by atoms with E-state index in [-0.39, 0.29) is 11.7 Å². The fourth-order valence-corrected chi connectivity index (χ4v) is 3.46. The highest BCUT2D eigenvalue weighted by Crippen LogP contribution is 2.32. The molecule has 0 radical (unpaired) electrons. The highest BCUT2D eigenvalue weighted by Gasteiger charge is 2.16. The molecule has 0 heterocycles. The second kappa shape index (κ2) is 6.09. The van der Waals surface area contributed by atoms with Crippen LogP contribution in [0.25, 0.3) is 0 Å². The molecule has 0 spiro atoms. The molecule has 1 fully saturated rings. The summed E-state index contributed by atoms with van der Waals surface area (Å²) in [4.78, 5) is 0. The maximum atomic E-state index is 13.8. The zero-order valence-electron chi connectivity index (χ0n) is 10.1. The van der Waals surface area contributed by atoms with E-state index in [0.29, 0.717) is 22.1 Å². The van der Waals surface area contributed by atoms with Crippen LogP contribution in [0.3, 0.4) is 0 Å². The van der Waals surface area contributed by atoms with Crippen molar-refractivity contribution in [2.24, 2.45) is 10.9 Å². The first-order valence-electron chi connectivity index (χ1n) is 6.08. The van der Waals surface area contributed by atoms with Crippen molar-refractivity contribution in [3.8, 4) is 0 Å². The van der Waals surface area contributed by atoms with Crippen LogP contribution in [0.4, 0.5) is 4.39 Å². The van der Waals surface area contributed by atoms with E-state index in [0.717, 1.165) is 0 Å². The average molecular weight is 268 g/mol. The largest absolute Gasteiger partial charge is 0.409 e. The summed E-state index contributed by atoms with van der Waals surface area (Å²) < 4.78 is 13.8. The molecule has 0 atom stereocenters. The van der Waals surface area contributed by atoms with Crippen LogP contribution >= 0.6 is 11.8 Å². The fourth-order valence-electron chi connectivity index (χ4n) is 2.14. The Kier molecular flexibility index (Phi) is 4.47. The number of nitrogens with two attached hydrogens (primary N) is 1. The number of halogens is 1. The molecule has 5 heteroatoms. The number of nitrogens with zero attached hydrogens (tertiary/aromatic N) is 1. The van der Waals surface area contributed by atoms with Crippen molar-refractivity contribution in [1.29, 1.82) is 0 Å². The molecule has 2 rings (SSSR count). The Hall–Kier alpha value is -1.23. The van der Waals surface area contributed by atoms with Crippen LogP contribution in [0.1, 0.15) is 36.8 Å². The van der Waals surface area contributed by atoms with Gasteiger partial charge in [0.05, 0.1) is 0 Å². The van der Waals surface area contributed by atoms with Crippen LogP contribution in [0, 0.1) is 5.82 Å². The minimum Gasteiger partial charge on any atom is -0.409 e. The molecule has 1 saturated carbocycles. The van der Waals surface area contributed by atoms with Crippen LogP contribution in [-0.4, -0.2) is 16.3 Å². The molecule has 0 aliphatic heterocycles. The van der Waals surface area contributed by atoms with E-state index >= 15 is 0 Å². The van der Waals surface area contributed by atoms with Gasteiger partial charge in [0, 0.05) is 16.6 Å². The lowest BCUT2D eigenvalue weighted by atomic mass is 10.1. The van der Waals surface area contributed by atoms with Gasteiger partial charge < -0.3 is 10.9 Å². The van der Waals surface area contributed by atoms with Crippen molar-refractivity contribution in [3.63, 3.8) is 0 Å². The third-order valence-electron chi connectivity index (χ3n) is 3.23. The van der Waals surface area contributed by atoms with E-state index in [1.807, 2.05) is 11.8 Å². The van der Waals surface area contributed by atoms with Crippen molar-refractivity contribution >= 4 is 17.6 Å². The number of amidine groups is 1. The van der Waals surface area contributed by atoms with Crippen LogP contribution in [0.2, 0.25) is 0 Å². The first-order valence-corrected chi connectivity index (χ1v) is 7.13. The summed E-state index contributed by atoms with van der Waals surface area (Å²) in [6.07, 6.45) is 5.08. The van der Waals surface area contributed by atoms with Gasteiger partial charge in [-0.2, -0.15) is 11.8 Å². The summed E-state index contributed by atoms with van der Waals surface area (Å²) in [6.45, 7) is 0. The molecular formula is C13H17FN2OS. The number of hydrogen-bond donors (Lipinski definition) is 2. The molecule has 3 nitrogen and oxygen atoms in total. The van der Waals surface area contributed by atoms with Gasteiger partial charge in [0.2, 0.25) is 0 Å². The minimum absolute atomic E-state index is 0.0658. The number of hydrogen-bond acceptors (Lipinski definition) is 3. The van der Waals surface area contributed by atoms with Gasteiger partial charge in [-0.15, -0.1) is 0 Å². The minimum atomic E-state index is -0.287. The Morgan fingerprint density at radius 2 is 2.17 bits per heavy atom. The lowest BCUT2D eigenvalue weighted by Gasteiger charge is -2.09. The van der Waals surface area contributed by atoms with Crippen molar-refractivity contribution in [2.75, 3.05) is 0 Å². The van der Waals surface area contributed by atoms with Gasteiger partial charge in [-0.25, -0.2) is 4.39 Å². The van der Waals surface area contributed by atoms with Gasteiger partial charge in [0.15, 0.2) is 5.84 Å². The quantitative estimate of drug-likeness (QED) is 0.382. The van der Waals surface area contributed by atoms with Crippen LogP contribution in [0.5, 0.6) is 0 Å². The molecule has 0 amide bonds. The average Bonchev–Trinajstić information content (AvgIpc) is 2.89. The maximum absolute atomic E-state index is 13.8. The van der Waals surface area contributed by atoms with Crippen molar-refractivity contribution in [2.45, 2.75) is 36.7 Å². The Balaban J connectivity index is 2.00. The summed E-state index contributed by atoms with van der Waals surface area (Å²) in [6, 6.07) is 4.72. The summed E-state index contributed by atoms with van der Waals surface area (Å²) in [7, 11) is 0. The topological polar surface area (TPSA) is 58.6 Å². The van der Waals surface area contributed by atoms with E-state index in [4.69, 9.17) is 10.9 Å². The van der Waals surface area contributed by atoms with Gasteiger partial charge in [0.1, 0.15) is 5.82 Å². The van der Waals surface area contributed by atoms with Crippen molar-refractivity contribution in [1.82, 2.24) is 0 Å². The Bertz CT molecular complexity index is 445. The smallest absolute Gasteiger partial charge is 0.170 e. The lowest BCUT2D eigenvalue weighted by Crippen LogP contribution is -2.13. The Morgan fingerprint density at radius 3 is 2.78 bits per heavy atom. The molecular weight excluding hydrogens is 251 g/mol. The van der Waals surface area contributed by atoms with Gasteiger partial charge in [-0.05, 0) is 24.5 Å². The molecule has 1 aromatic carbocycles. The molecule has 0 aromatic heterocycles. The molecule has 1 aliphatic rings. The molecule has 0 bridgehead atoms. The zero-order chi connectivity index (χ0) is 13.0. The van der Waals surface area contributed by atoms with Gasteiger partial charge in [-0.3, -0.25) is 0 Å². The molecule has 98 valence electrons. The number of oxime groups is 1. The normalized spacial score (nSPS) is 17.3. The predicted octanol–water partition coefficient (Wildman–Crippen LogP) is 3.10. The molecule has 1 aromatic rings.